The number of aromatic amines is 1. The molecule has 2 aromatic heterocycles. The van der Waals surface area contributed by atoms with Crippen LogP contribution >= 0.6 is 0 Å². The van der Waals surface area contributed by atoms with E-state index in [9.17, 15) is 13.6 Å². The number of carbonyl (C=O) groups is 1. The van der Waals surface area contributed by atoms with Crippen LogP contribution in [0.3, 0.4) is 0 Å². The van der Waals surface area contributed by atoms with Gasteiger partial charge in [0.15, 0.2) is 0 Å². The Balaban J connectivity index is 1.41. The second kappa shape index (κ2) is 10.5. The SMILES string of the molecule is CC(C)(C)OC(=O)N1CC=C(c2cc3c(-c4cc(NCc5cccc(F)c5)c(F)cc4F)ccnc3[nH]2)CC1. The molecule has 0 fully saturated rings. The van der Waals surface area contributed by atoms with E-state index in [4.69, 9.17) is 4.74 Å². The van der Waals surface area contributed by atoms with Crippen LogP contribution < -0.4 is 5.32 Å². The summed E-state index contributed by atoms with van der Waals surface area (Å²) in [6.45, 7) is 6.58. The summed E-state index contributed by atoms with van der Waals surface area (Å²) in [6, 6.07) is 11.8. The van der Waals surface area contributed by atoms with Crippen LogP contribution in [0.15, 0.2) is 60.8 Å². The van der Waals surface area contributed by atoms with Crippen molar-refractivity contribution in [2.45, 2.75) is 39.3 Å². The zero-order valence-electron chi connectivity index (χ0n) is 21.9. The minimum Gasteiger partial charge on any atom is -0.444 e. The van der Waals surface area contributed by atoms with Gasteiger partial charge in [-0.1, -0.05) is 18.2 Å². The Morgan fingerprint density at radius 1 is 1.08 bits per heavy atom. The third-order valence-corrected chi connectivity index (χ3v) is 6.46. The van der Waals surface area contributed by atoms with E-state index in [0.29, 0.717) is 41.7 Å². The number of hydrogen-bond donors (Lipinski definition) is 2. The van der Waals surface area contributed by atoms with Crippen LogP contribution in [0.5, 0.6) is 0 Å². The number of nitrogens with zero attached hydrogens (tertiary/aromatic N) is 2. The molecule has 0 spiro atoms. The van der Waals surface area contributed by atoms with Gasteiger partial charge in [0.25, 0.3) is 0 Å². The molecule has 4 aromatic rings. The van der Waals surface area contributed by atoms with Crippen LogP contribution in [0.2, 0.25) is 0 Å². The number of amides is 1. The number of benzene rings is 2. The third kappa shape index (κ3) is 5.92. The highest BCUT2D eigenvalue weighted by atomic mass is 19.1. The van der Waals surface area contributed by atoms with Crippen molar-refractivity contribution in [3.05, 3.63) is 89.5 Å². The van der Waals surface area contributed by atoms with E-state index in [0.717, 1.165) is 17.3 Å². The van der Waals surface area contributed by atoms with Gasteiger partial charge in [-0.15, -0.1) is 0 Å². The summed E-state index contributed by atoms with van der Waals surface area (Å²) in [4.78, 5) is 21.7. The number of halogens is 3. The number of aromatic nitrogens is 2. The highest BCUT2D eigenvalue weighted by Crippen LogP contribution is 2.35. The number of rotatable bonds is 5. The van der Waals surface area contributed by atoms with Crippen molar-refractivity contribution in [1.29, 1.82) is 0 Å². The van der Waals surface area contributed by atoms with Gasteiger partial charge in [-0.3, -0.25) is 0 Å². The number of ether oxygens (including phenoxy) is 1. The van der Waals surface area contributed by atoms with Crippen molar-refractivity contribution in [3.63, 3.8) is 0 Å². The zero-order valence-corrected chi connectivity index (χ0v) is 21.9. The molecule has 6 nitrogen and oxygen atoms in total. The summed E-state index contributed by atoms with van der Waals surface area (Å²) >= 11 is 0. The van der Waals surface area contributed by atoms with Crippen molar-refractivity contribution in [2.75, 3.05) is 18.4 Å². The van der Waals surface area contributed by atoms with Crippen LogP contribution in [-0.2, 0) is 11.3 Å². The van der Waals surface area contributed by atoms with Crippen molar-refractivity contribution in [3.8, 4) is 11.1 Å². The van der Waals surface area contributed by atoms with Gasteiger partial charge in [0.2, 0.25) is 0 Å². The maximum Gasteiger partial charge on any atom is 0.410 e. The molecule has 0 saturated heterocycles. The normalized spacial score (nSPS) is 13.9. The number of pyridine rings is 1. The standard InChI is InChI=1S/C30H29F3N4O2/c1-30(2,3)39-29(38)37-11-8-19(9-12-37)26-15-23-21(7-10-34-28(23)36-26)22-14-27(25(33)16-24(22)32)35-17-18-5-4-6-20(31)13-18/h4-8,10,13-16,35H,9,11-12,17H2,1-3H3,(H,34,36). The molecular weight excluding hydrogens is 505 g/mol. The molecule has 0 aliphatic carbocycles. The summed E-state index contributed by atoms with van der Waals surface area (Å²) in [7, 11) is 0. The van der Waals surface area contributed by atoms with Crippen LogP contribution in [0.4, 0.5) is 23.7 Å². The molecule has 1 aliphatic heterocycles. The maximum absolute atomic E-state index is 15.0. The predicted molar refractivity (Wildman–Crippen MR) is 146 cm³/mol. The summed E-state index contributed by atoms with van der Waals surface area (Å²) in [5, 5.41) is 3.63. The van der Waals surface area contributed by atoms with E-state index in [1.165, 1.54) is 18.2 Å². The van der Waals surface area contributed by atoms with Gasteiger partial charge in [-0.05, 0) is 74.2 Å². The van der Waals surface area contributed by atoms with Gasteiger partial charge in [-0.25, -0.2) is 22.9 Å². The summed E-state index contributed by atoms with van der Waals surface area (Å²) in [5.74, 6) is -1.83. The second-order valence-corrected chi connectivity index (χ2v) is 10.5. The molecule has 39 heavy (non-hydrogen) atoms. The monoisotopic (exact) mass is 534 g/mol. The van der Waals surface area contributed by atoms with Crippen LogP contribution in [-0.4, -0.2) is 39.7 Å². The van der Waals surface area contributed by atoms with Crippen molar-refractivity contribution >= 4 is 28.4 Å². The lowest BCUT2D eigenvalue weighted by Crippen LogP contribution is -2.39. The number of fused-ring (bicyclic) bond motifs is 1. The Morgan fingerprint density at radius 2 is 1.90 bits per heavy atom. The highest BCUT2D eigenvalue weighted by Gasteiger charge is 2.25. The fraction of sp³-hybridized carbons (Fsp3) is 0.267. The number of hydrogen-bond acceptors (Lipinski definition) is 4. The first kappa shape index (κ1) is 26.3. The molecule has 2 N–H and O–H groups in total. The topological polar surface area (TPSA) is 70.2 Å². The zero-order chi connectivity index (χ0) is 27.7. The van der Waals surface area contributed by atoms with E-state index in [1.54, 1.807) is 29.3 Å². The second-order valence-electron chi connectivity index (χ2n) is 10.5. The van der Waals surface area contributed by atoms with Crippen molar-refractivity contribution in [2.24, 2.45) is 0 Å². The van der Waals surface area contributed by atoms with Gasteiger partial charge in [0.1, 0.15) is 28.7 Å². The number of nitrogens with one attached hydrogen (secondary N) is 2. The molecule has 1 amide bonds. The average Bonchev–Trinajstić information content (AvgIpc) is 3.32. The number of H-pyrrole nitrogens is 1. The van der Waals surface area contributed by atoms with E-state index >= 15 is 4.39 Å². The molecule has 9 heteroatoms. The predicted octanol–water partition coefficient (Wildman–Crippen LogP) is 7.28. The van der Waals surface area contributed by atoms with E-state index < -0.39 is 17.2 Å². The van der Waals surface area contributed by atoms with Crippen molar-refractivity contribution < 1.29 is 22.7 Å². The fourth-order valence-electron chi connectivity index (χ4n) is 4.58. The van der Waals surface area contributed by atoms with Crippen LogP contribution in [0.1, 0.15) is 38.4 Å². The Kier molecular flexibility index (Phi) is 7.08. The summed E-state index contributed by atoms with van der Waals surface area (Å²) in [5.41, 5.74) is 3.34. The molecule has 202 valence electrons. The quantitative estimate of drug-likeness (QED) is 0.282. The van der Waals surface area contributed by atoms with Gasteiger partial charge in [-0.2, -0.15) is 0 Å². The van der Waals surface area contributed by atoms with Crippen LogP contribution in [0, 0.1) is 17.5 Å². The van der Waals surface area contributed by atoms with Crippen molar-refractivity contribution in [1.82, 2.24) is 14.9 Å². The van der Waals surface area contributed by atoms with Gasteiger partial charge < -0.3 is 19.9 Å². The Labute approximate surface area is 224 Å². The minimum absolute atomic E-state index is 0.105. The molecule has 0 atom stereocenters. The molecule has 0 saturated carbocycles. The maximum atomic E-state index is 15.0. The third-order valence-electron chi connectivity index (χ3n) is 6.46. The molecule has 5 rings (SSSR count). The number of anilines is 1. The van der Waals surface area contributed by atoms with E-state index in [2.05, 4.69) is 15.3 Å². The minimum atomic E-state index is -0.741. The first-order valence-electron chi connectivity index (χ1n) is 12.7. The molecule has 0 radical (unpaired) electrons. The first-order chi connectivity index (χ1) is 18.6. The highest BCUT2D eigenvalue weighted by molar-refractivity contribution is 5.96. The lowest BCUT2D eigenvalue weighted by atomic mass is 10.0. The fourth-order valence-corrected chi connectivity index (χ4v) is 4.58. The van der Waals surface area contributed by atoms with Gasteiger partial charge in [0.05, 0.1) is 5.69 Å². The average molecular weight is 535 g/mol. The molecular formula is C30H29F3N4O2. The smallest absolute Gasteiger partial charge is 0.410 e. The van der Waals surface area contributed by atoms with Gasteiger partial charge >= 0.3 is 6.09 Å². The summed E-state index contributed by atoms with van der Waals surface area (Å²) in [6.07, 6.45) is 3.79. The Bertz CT molecular complexity index is 1570. The lowest BCUT2D eigenvalue weighted by Gasteiger charge is -2.29. The first-order valence-corrected chi connectivity index (χ1v) is 12.7. The lowest BCUT2D eigenvalue weighted by molar-refractivity contribution is 0.0270. The molecule has 0 bridgehead atoms. The Morgan fingerprint density at radius 3 is 2.62 bits per heavy atom. The summed E-state index contributed by atoms with van der Waals surface area (Å²) < 4.78 is 48.7. The van der Waals surface area contributed by atoms with E-state index in [-0.39, 0.29) is 29.7 Å². The molecule has 3 heterocycles. The van der Waals surface area contributed by atoms with E-state index in [1.807, 2.05) is 32.9 Å². The molecule has 2 aromatic carbocycles. The molecule has 1 aliphatic rings. The van der Waals surface area contributed by atoms with Crippen LogP contribution in [0.25, 0.3) is 27.7 Å². The van der Waals surface area contributed by atoms with Gasteiger partial charge in [0, 0.05) is 48.5 Å². The largest absolute Gasteiger partial charge is 0.444 e. The Hall–Kier alpha value is -4.27. The number of carbonyl (C=O) groups excluding carboxylic acids is 1. The molecule has 0 unspecified atom stereocenters.